The van der Waals surface area contributed by atoms with Crippen LogP contribution in [0.2, 0.25) is 0 Å². The lowest BCUT2D eigenvalue weighted by Crippen LogP contribution is -2.47. The largest absolute Gasteiger partial charge is 0.416 e. The van der Waals surface area contributed by atoms with E-state index in [2.05, 4.69) is 20.4 Å². The maximum absolute atomic E-state index is 13.0. The minimum absolute atomic E-state index is 0.0315. The number of benzene rings is 1. The van der Waals surface area contributed by atoms with Gasteiger partial charge in [-0.2, -0.15) is 13.2 Å². The third-order valence-corrected chi connectivity index (χ3v) is 6.06. The molecule has 168 valence electrons. The van der Waals surface area contributed by atoms with Crippen LogP contribution in [0.5, 0.6) is 0 Å². The molecular weight excluding hydrogens is 427 g/mol. The van der Waals surface area contributed by atoms with Crippen LogP contribution in [-0.4, -0.2) is 54.1 Å². The van der Waals surface area contributed by atoms with Gasteiger partial charge in [-0.15, -0.1) is 10.2 Å². The van der Waals surface area contributed by atoms with Crippen LogP contribution in [-0.2, 0) is 11.0 Å². The molecule has 0 spiro atoms. The summed E-state index contributed by atoms with van der Waals surface area (Å²) in [7, 11) is 0. The fourth-order valence-corrected chi connectivity index (χ4v) is 3.81. The average molecular weight is 454 g/mol. The Bertz CT molecular complexity index is 870. The number of piperazine rings is 1. The quantitative estimate of drug-likeness (QED) is 0.643. The Hall–Kier alpha value is -2.49. The van der Waals surface area contributed by atoms with Gasteiger partial charge in [0.15, 0.2) is 5.82 Å². The molecular formula is C21H26F3N5OS. The SMILES string of the molecule is CC[C@@H](C)NC(=O)CSc1ccc(N2CCN(c3cccc(C(F)(F)F)c3)CC2)nn1. The van der Waals surface area contributed by atoms with Gasteiger partial charge in [-0.3, -0.25) is 4.79 Å². The summed E-state index contributed by atoms with van der Waals surface area (Å²) in [6.45, 7) is 6.43. The standard InChI is InChI=1S/C21H26F3N5OS/c1-3-15(2)25-19(30)14-31-20-8-7-18(26-27-20)29-11-9-28(10-12-29)17-6-4-5-16(13-17)21(22,23)24/h4-8,13,15H,3,9-12,14H2,1-2H3,(H,25,30)/t15-/m1/s1. The zero-order chi connectivity index (χ0) is 22.4. The molecule has 3 rings (SSSR count). The van der Waals surface area contributed by atoms with E-state index in [4.69, 9.17) is 0 Å². The second-order valence-corrected chi connectivity index (χ2v) is 8.41. The molecule has 0 bridgehead atoms. The molecule has 0 saturated carbocycles. The summed E-state index contributed by atoms with van der Waals surface area (Å²) in [6, 6.07) is 9.27. The minimum atomic E-state index is -4.35. The van der Waals surface area contributed by atoms with E-state index in [1.54, 1.807) is 6.07 Å². The number of nitrogens with one attached hydrogen (secondary N) is 1. The highest BCUT2D eigenvalue weighted by Crippen LogP contribution is 2.32. The van der Waals surface area contributed by atoms with Crippen LogP contribution >= 0.6 is 11.8 Å². The molecule has 2 aromatic rings. The number of amides is 1. The number of aromatic nitrogens is 2. The van der Waals surface area contributed by atoms with Gasteiger partial charge in [0.2, 0.25) is 5.91 Å². The molecule has 1 atom stereocenters. The zero-order valence-corrected chi connectivity index (χ0v) is 18.3. The van der Waals surface area contributed by atoms with Gasteiger partial charge in [0.25, 0.3) is 0 Å². The van der Waals surface area contributed by atoms with Gasteiger partial charge in [-0.1, -0.05) is 24.8 Å². The van der Waals surface area contributed by atoms with Crippen LogP contribution in [0.4, 0.5) is 24.7 Å². The monoisotopic (exact) mass is 453 g/mol. The van der Waals surface area contributed by atoms with Crippen LogP contribution in [0.3, 0.4) is 0 Å². The van der Waals surface area contributed by atoms with Crippen LogP contribution < -0.4 is 15.1 Å². The number of thioether (sulfide) groups is 1. The number of nitrogens with zero attached hydrogens (tertiary/aromatic N) is 4. The predicted octanol–water partition coefficient (Wildman–Crippen LogP) is 3.83. The second-order valence-electron chi connectivity index (χ2n) is 7.42. The molecule has 1 aliphatic rings. The lowest BCUT2D eigenvalue weighted by atomic mass is 10.1. The number of carbonyl (C=O) groups is 1. The molecule has 1 N–H and O–H groups in total. The first-order valence-corrected chi connectivity index (χ1v) is 11.2. The normalized spacial score (nSPS) is 15.6. The highest BCUT2D eigenvalue weighted by molar-refractivity contribution is 7.99. The molecule has 31 heavy (non-hydrogen) atoms. The van der Waals surface area contributed by atoms with E-state index in [0.717, 1.165) is 18.3 Å². The smallest absolute Gasteiger partial charge is 0.368 e. The first-order chi connectivity index (χ1) is 14.8. The van der Waals surface area contributed by atoms with E-state index in [-0.39, 0.29) is 17.7 Å². The lowest BCUT2D eigenvalue weighted by molar-refractivity contribution is -0.137. The number of rotatable bonds is 7. The lowest BCUT2D eigenvalue weighted by Gasteiger charge is -2.36. The fraction of sp³-hybridized carbons (Fsp3) is 0.476. The molecule has 1 fully saturated rings. The van der Waals surface area contributed by atoms with Crippen LogP contribution in [0.15, 0.2) is 41.4 Å². The van der Waals surface area contributed by atoms with Crippen LogP contribution in [0, 0.1) is 0 Å². The maximum Gasteiger partial charge on any atom is 0.416 e. The number of hydrogen-bond acceptors (Lipinski definition) is 6. The summed E-state index contributed by atoms with van der Waals surface area (Å²) in [6.07, 6.45) is -3.46. The van der Waals surface area contributed by atoms with Crippen LogP contribution in [0.25, 0.3) is 0 Å². The molecule has 1 amide bonds. The zero-order valence-electron chi connectivity index (χ0n) is 17.5. The predicted molar refractivity (Wildman–Crippen MR) is 117 cm³/mol. The first-order valence-electron chi connectivity index (χ1n) is 10.2. The van der Waals surface area contributed by atoms with E-state index in [1.165, 1.54) is 23.9 Å². The Morgan fingerprint density at radius 1 is 1.13 bits per heavy atom. The molecule has 1 saturated heterocycles. The van der Waals surface area contributed by atoms with Gasteiger partial charge in [-0.05, 0) is 43.7 Å². The van der Waals surface area contributed by atoms with Crippen molar-refractivity contribution in [2.45, 2.75) is 37.5 Å². The average Bonchev–Trinajstić information content (AvgIpc) is 2.77. The fourth-order valence-electron chi connectivity index (χ4n) is 3.19. The Balaban J connectivity index is 1.51. The molecule has 1 aromatic heterocycles. The van der Waals surface area contributed by atoms with E-state index >= 15 is 0 Å². The van der Waals surface area contributed by atoms with Crippen molar-refractivity contribution >= 4 is 29.2 Å². The van der Waals surface area contributed by atoms with Crippen LogP contribution in [0.1, 0.15) is 25.8 Å². The summed E-state index contributed by atoms with van der Waals surface area (Å²) in [5.41, 5.74) is -0.0628. The van der Waals surface area contributed by atoms with Gasteiger partial charge in [0.05, 0.1) is 11.3 Å². The van der Waals surface area contributed by atoms with Crippen molar-refractivity contribution in [3.63, 3.8) is 0 Å². The van der Waals surface area contributed by atoms with Gasteiger partial charge in [-0.25, -0.2) is 0 Å². The van der Waals surface area contributed by atoms with E-state index in [0.29, 0.717) is 36.9 Å². The Labute approximate surface area is 184 Å². The highest BCUT2D eigenvalue weighted by atomic mass is 32.2. The van der Waals surface area contributed by atoms with Crippen molar-refractivity contribution < 1.29 is 18.0 Å². The van der Waals surface area contributed by atoms with Crippen molar-refractivity contribution in [2.24, 2.45) is 0 Å². The second kappa shape index (κ2) is 10.2. The van der Waals surface area contributed by atoms with Gasteiger partial charge < -0.3 is 15.1 Å². The number of alkyl halides is 3. The molecule has 0 unspecified atom stereocenters. The Morgan fingerprint density at radius 2 is 1.84 bits per heavy atom. The van der Waals surface area contributed by atoms with Gasteiger partial charge >= 0.3 is 6.18 Å². The number of halogens is 3. The molecule has 2 heterocycles. The van der Waals surface area contributed by atoms with Gasteiger partial charge in [0.1, 0.15) is 5.03 Å². The summed E-state index contributed by atoms with van der Waals surface area (Å²) >= 11 is 1.33. The van der Waals surface area contributed by atoms with E-state index in [1.807, 2.05) is 30.9 Å². The summed E-state index contributed by atoms with van der Waals surface area (Å²) in [5.74, 6) is 0.974. The maximum atomic E-state index is 13.0. The number of carbonyl (C=O) groups excluding carboxylic acids is 1. The third kappa shape index (κ3) is 6.49. The number of hydrogen-bond donors (Lipinski definition) is 1. The summed E-state index contributed by atoms with van der Waals surface area (Å²) in [4.78, 5) is 15.9. The summed E-state index contributed by atoms with van der Waals surface area (Å²) < 4.78 is 38.9. The molecule has 6 nitrogen and oxygen atoms in total. The molecule has 10 heteroatoms. The van der Waals surface area contributed by atoms with Crippen molar-refractivity contribution in [1.29, 1.82) is 0 Å². The summed E-state index contributed by atoms with van der Waals surface area (Å²) in [5, 5.41) is 12.0. The molecule has 1 aromatic carbocycles. The third-order valence-electron chi connectivity index (χ3n) is 5.14. The Morgan fingerprint density at radius 3 is 2.45 bits per heavy atom. The van der Waals surface area contributed by atoms with Crippen molar-refractivity contribution in [2.75, 3.05) is 41.7 Å². The van der Waals surface area contributed by atoms with Gasteiger partial charge in [0, 0.05) is 37.9 Å². The number of anilines is 2. The molecule has 0 radical (unpaired) electrons. The highest BCUT2D eigenvalue weighted by Gasteiger charge is 2.31. The van der Waals surface area contributed by atoms with E-state index < -0.39 is 11.7 Å². The van der Waals surface area contributed by atoms with Crippen molar-refractivity contribution in [1.82, 2.24) is 15.5 Å². The topological polar surface area (TPSA) is 61.4 Å². The molecule has 1 aliphatic heterocycles. The minimum Gasteiger partial charge on any atom is -0.368 e. The van der Waals surface area contributed by atoms with Crippen molar-refractivity contribution in [3.05, 3.63) is 42.0 Å². The Kier molecular flexibility index (Phi) is 7.64. The molecule has 0 aliphatic carbocycles. The first kappa shape index (κ1) is 23.2. The van der Waals surface area contributed by atoms with E-state index in [9.17, 15) is 18.0 Å². The van der Waals surface area contributed by atoms with Crippen molar-refractivity contribution in [3.8, 4) is 0 Å².